The molecule has 3 rings (SSSR count). The first-order valence-corrected chi connectivity index (χ1v) is 11.2. The van der Waals surface area contributed by atoms with Crippen LogP contribution in [0.1, 0.15) is 23.7 Å². The molecule has 0 saturated heterocycles. The summed E-state index contributed by atoms with van der Waals surface area (Å²) in [7, 11) is 0. The number of anilines is 2. The molecule has 1 atom stereocenters. The lowest BCUT2D eigenvalue weighted by molar-refractivity contribution is -0.118. The van der Waals surface area contributed by atoms with Crippen LogP contribution in [0.15, 0.2) is 83.8 Å². The average molecular weight is 465 g/mol. The first kappa shape index (κ1) is 23.9. The number of benzene rings is 3. The van der Waals surface area contributed by atoms with E-state index < -0.39 is 5.97 Å². The van der Waals surface area contributed by atoms with Crippen molar-refractivity contribution in [2.24, 2.45) is 0 Å². The van der Waals surface area contributed by atoms with Gasteiger partial charge in [-0.05, 0) is 61.0 Å². The highest BCUT2D eigenvalue weighted by molar-refractivity contribution is 8.00. The van der Waals surface area contributed by atoms with Gasteiger partial charge in [-0.2, -0.15) is 0 Å². The Morgan fingerprint density at radius 2 is 1.64 bits per heavy atom. The average Bonchev–Trinajstić information content (AvgIpc) is 2.82. The van der Waals surface area contributed by atoms with Gasteiger partial charge in [0.15, 0.2) is 6.61 Å². The molecule has 0 aliphatic rings. The van der Waals surface area contributed by atoms with Crippen LogP contribution in [0.5, 0.6) is 5.75 Å². The minimum Gasteiger partial charge on any atom is -0.484 e. The van der Waals surface area contributed by atoms with Gasteiger partial charge >= 0.3 is 5.97 Å². The van der Waals surface area contributed by atoms with Crippen LogP contribution in [0.4, 0.5) is 11.4 Å². The predicted molar refractivity (Wildman–Crippen MR) is 129 cm³/mol. The van der Waals surface area contributed by atoms with Crippen molar-refractivity contribution in [1.29, 1.82) is 0 Å². The smallest absolute Gasteiger partial charge is 0.335 e. The van der Waals surface area contributed by atoms with Crippen LogP contribution in [0.2, 0.25) is 0 Å². The molecule has 0 heterocycles. The maximum atomic E-state index is 12.7. The van der Waals surface area contributed by atoms with Crippen molar-refractivity contribution in [1.82, 2.24) is 0 Å². The standard InChI is InChI=1S/C25H24N2O5S/c1-2-22(24(29)27-18-13-11-17(12-14-18)25(30)31)33-21-10-6-7-19(15-21)26-23(28)16-32-20-8-4-3-5-9-20/h3-15,22H,2,16H2,1H3,(H,26,28)(H,27,29)(H,30,31). The molecule has 1 unspecified atom stereocenters. The van der Waals surface area contributed by atoms with E-state index in [1.807, 2.05) is 43.3 Å². The number of carboxylic acids is 1. The second kappa shape index (κ2) is 11.7. The quantitative estimate of drug-likeness (QED) is 0.368. The van der Waals surface area contributed by atoms with Crippen LogP contribution in [0.25, 0.3) is 0 Å². The van der Waals surface area contributed by atoms with E-state index in [0.717, 1.165) is 4.90 Å². The van der Waals surface area contributed by atoms with Gasteiger partial charge in [-0.15, -0.1) is 11.8 Å². The number of ether oxygens (including phenoxy) is 1. The number of para-hydroxylation sites is 1. The molecule has 0 aromatic heterocycles. The summed E-state index contributed by atoms with van der Waals surface area (Å²) in [5.41, 5.74) is 1.30. The summed E-state index contributed by atoms with van der Waals surface area (Å²) in [6.07, 6.45) is 0.589. The Bertz CT molecular complexity index is 1100. The van der Waals surface area contributed by atoms with Crippen LogP contribution >= 0.6 is 11.8 Å². The van der Waals surface area contributed by atoms with Crippen molar-refractivity contribution in [3.63, 3.8) is 0 Å². The molecule has 0 saturated carbocycles. The number of amides is 2. The second-order valence-electron chi connectivity index (χ2n) is 7.06. The van der Waals surface area contributed by atoms with Crippen molar-refractivity contribution in [3.05, 3.63) is 84.4 Å². The molecule has 7 nitrogen and oxygen atoms in total. The molecule has 0 aliphatic carbocycles. The van der Waals surface area contributed by atoms with Crippen LogP contribution < -0.4 is 15.4 Å². The van der Waals surface area contributed by atoms with E-state index in [1.54, 1.807) is 30.3 Å². The van der Waals surface area contributed by atoms with Crippen molar-refractivity contribution in [2.45, 2.75) is 23.5 Å². The maximum Gasteiger partial charge on any atom is 0.335 e. The monoisotopic (exact) mass is 464 g/mol. The van der Waals surface area contributed by atoms with Gasteiger partial charge in [-0.25, -0.2) is 4.79 Å². The summed E-state index contributed by atoms with van der Waals surface area (Å²) in [6.45, 7) is 1.80. The van der Waals surface area contributed by atoms with Crippen LogP contribution in [0.3, 0.4) is 0 Å². The van der Waals surface area contributed by atoms with Gasteiger partial charge in [0.25, 0.3) is 5.91 Å². The summed E-state index contributed by atoms with van der Waals surface area (Å²) in [5, 5.41) is 14.2. The zero-order chi connectivity index (χ0) is 23.6. The maximum absolute atomic E-state index is 12.7. The Hall–Kier alpha value is -3.78. The molecule has 0 fully saturated rings. The normalized spacial score (nSPS) is 11.3. The molecule has 3 aromatic carbocycles. The van der Waals surface area contributed by atoms with Crippen molar-refractivity contribution < 1.29 is 24.2 Å². The van der Waals surface area contributed by atoms with E-state index in [4.69, 9.17) is 9.84 Å². The molecule has 3 N–H and O–H groups in total. The fraction of sp³-hybridized carbons (Fsp3) is 0.160. The molecular weight excluding hydrogens is 440 g/mol. The van der Waals surface area contributed by atoms with Gasteiger partial charge < -0.3 is 20.5 Å². The SMILES string of the molecule is CCC(Sc1cccc(NC(=O)COc2ccccc2)c1)C(=O)Nc1ccc(C(=O)O)cc1. The minimum atomic E-state index is -1.02. The first-order valence-electron chi connectivity index (χ1n) is 10.3. The predicted octanol–water partition coefficient (Wildman–Crippen LogP) is 4.91. The highest BCUT2D eigenvalue weighted by Crippen LogP contribution is 2.28. The molecule has 0 bridgehead atoms. The van der Waals surface area contributed by atoms with E-state index in [2.05, 4.69) is 10.6 Å². The summed E-state index contributed by atoms with van der Waals surface area (Å²) < 4.78 is 5.46. The lowest BCUT2D eigenvalue weighted by Gasteiger charge is -2.15. The van der Waals surface area contributed by atoms with E-state index in [1.165, 1.54) is 23.9 Å². The van der Waals surface area contributed by atoms with Gasteiger partial charge in [0.1, 0.15) is 5.75 Å². The lowest BCUT2D eigenvalue weighted by Crippen LogP contribution is -2.24. The number of hydrogen-bond donors (Lipinski definition) is 3. The summed E-state index contributed by atoms with van der Waals surface area (Å²) in [5.74, 6) is -0.869. The topological polar surface area (TPSA) is 105 Å². The van der Waals surface area contributed by atoms with E-state index in [9.17, 15) is 14.4 Å². The van der Waals surface area contributed by atoms with Crippen LogP contribution in [-0.4, -0.2) is 34.7 Å². The Kier molecular flexibility index (Phi) is 8.49. The minimum absolute atomic E-state index is 0.109. The number of thioether (sulfide) groups is 1. The van der Waals surface area contributed by atoms with Crippen LogP contribution in [0, 0.1) is 0 Å². The largest absolute Gasteiger partial charge is 0.484 e. The van der Waals surface area contributed by atoms with Gasteiger partial charge in [0.2, 0.25) is 5.91 Å². The second-order valence-corrected chi connectivity index (χ2v) is 8.34. The number of carbonyl (C=O) groups is 3. The Labute approximate surface area is 196 Å². The summed E-state index contributed by atoms with van der Waals surface area (Å²) in [4.78, 5) is 36.7. The third-order valence-electron chi connectivity index (χ3n) is 4.57. The third kappa shape index (κ3) is 7.40. The van der Waals surface area contributed by atoms with E-state index in [0.29, 0.717) is 23.5 Å². The molecule has 170 valence electrons. The first-order chi connectivity index (χ1) is 15.9. The number of hydrogen-bond acceptors (Lipinski definition) is 5. The van der Waals surface area contributed by atoms with Crippen molar-refractivity contribution >= 4 is 40.9 Å². The third-order valence-corrected chi connectivity index (χ3v) is 5.93. The van der Waals surface area contributed by atoms with Crippen LogP contribution in [-0.2, 0) is 9.59 Å². The number of nitrogens with one attached hydrogen (secondary N) is 2. The van der Waals surface area contributed by atoms with Crippen molar-refractivity contribution in [2.75, 3.05) is 17.2 Å². The molecular formula is C25H24N2O5S. The fourth-order valence-corrected chi connectivity index (χ4v) is 3.93. The molecule has 8 heteroatoms. The number of carbonyl (C=O) groups excluding carboxylic acids is 2. The molecule has 3 aromatic rings. The Balaban J connectivity index is 1.56. The zero-order valence-electron chi connectivity index (χ0n) is 18.0. The van der Waals surface area contributed by atoms with E-state index in [-0.39, 0.29) is 29.2 Å². The van der Waals surface area contributed by atoms with Gasteiger partial charge in [0.05, 0.1) is 10.8 Å². The van der Waals surface area contributed by atoms with Gasteiger partial charge in [-0.1, -0.05) is 31.2 Å². The van der Waals surface area contributed by atoms with Crippen molar-refractivity contribution in [3.8, 4) is 5.75 Å². The molecule has 0 radical (unpaired) electrons. The Morgan fingerprint density at radius 1 is 0.909 bits per heavy atom. The molecule has 0 aliphatic heterocycles. The summed E-state index contributed by atoms with van der Waals surface area (Å²) in [6, 6.07) is 22.4. The molecule has 33 heavy (non-hydrogen) atoms. The van der Waals surface area contributed by atoms with Gasteiger partial charge in [-0.3, -0.25) is 9.59 Å². The van der Waals surface area contributed by atoms with E-state index >= 15 is 0 Å². The Morgan fingerprint density at radius 3 is 2.30 bits per heavy atom. The fourth-order valence-electron chi connectivity index (χ4n) is 2.92. The highest BCUT2D eigenvalue weighted by Gasteiger charge is 2.18. The number of carboxylic acid groups (broad SMARTS) is 1. The summed E-state index contributed by atoms with van der Waals surface area (Å²) >= 11 is 1.39. The highest BCUT2D eigenvalue weighted by atomic mass is 32.2. The molecule has 0 spiro atoms. The molecule has 2 amide bonds. The zero-order valence-corrected chi connectivity index (χ0v) is 18.8. The number of aromatic carboxylic acids is 1. The number of rotatable bonds is 10. The van der Waals surface area contributed by atoms with Gasteiger partial charge in [0, 0.05) is 16.3 Å². The lowest BCUT2D eigenvalue weighted by atomic mass is 10.2.